The highest BCUT2D eigenvalue weighted by Gasteiger charge is 2.50. The molecular formula is C25H35NOSi. The molecule has 1 aliphatic rings. The minimum absolute atomic E-state index is 0.0184. The maximum absolute atomic E-state index is 7.12. The Balaban J connectivity index is 2.03. The van der Waals surface area contributed by atoms with Crippen LogP contribution >= 0.6 is 0 Å². The third-order valence-corrected chi connectivity index (χ3v) is 10.8. The van der Waals surface area contributed by atoms with E-state index < -0.39 is 8.32 Å². The summed E-state index contributed by atoms with van der Waals surface area (Å²) in [5.74, 6) is 0. The van der Waals surface area contributed by atoms with Crippen LogP contribution in [0.4, 0.5) is 0 Å². The first-order chi connectivity index (χ1) is 13.2. The lowest BCUT2D eigenvalue weighted by Crippen LogP contribution is -2.67. The van der Waals surface area contributed by atoms with Gasteiger partial charge >= 0.3 is 0 Å². The van der Waals surface area contributed by atoms with Gasteiger partial charge in [0.15, 0.2) is 0 Å². The molecule has 2 aromatic carbocycles. The van der Waals surface area contributed by atoms with Crippen LogP contribution in [-0.4, -0.2) is 37.9 Å². The third-order valence-electron chi connectivity index (χ3n) is 5.81. The van der Waals surface area contributed by atoms with Crippen LogP contribution in [-0.2, 0) is 4.43 Å². The van der Waals surface area contributed by atoms with Crippen LogP contribution in [0.1, 0.15) is 41.5 Å². The van der Waals surface area contributed by atoms with Crippen molar-refractivity contribution in [2.75, 3.05) is 13.2 Å². The van der Waals surface area contributed by atoms with E-state index in [2.05, 4.69) is 119 Å². The molecule has 0 radical (unpaired) electrons. The predicted octanol–water partition coefficient (Wildman–Crippen LogP) is 4.60. The minimum atomic E-state index is -2.47. The molecule has 28 heavy (non-hydrogen) atoms. The van der Waals surface area contributed by atoms with E-state index in [1.54, 1.807) is 0 Å². The summed E-state index contributed by atoms with van der Waals surface area (Å²) >= 11 is 0. The monoisotopic (exact) mass is 393 g/mol. The van der Waals surface area contributed by atoms with E-state index in [1.165, 1.54) is 10.4 Å². The number of hydrogen-bond acceptors (Lipinski definition) is 2. The first-order valence-electron chi connectivity index (χ1n) is 10.3. The van der Waals surface area contributed by atoms with Gasteiger partial charge in [0.25, 0.3) is 8.32 Å². The van der Waals surface area contributed by atoms with Crippen molar-refractivity contribution in [3.8, 4) is 0 Å². The fourth-order valence-electron chi connectivity index (χ4n) is 4.46. The Morgan fingerprint density at radius 2 is 1.36 bits per heavy atom. The first-order valence-corrected chi connectivity index (χ1v) is 12.3. The molecule has 0 N–H and O–H groups in total. The van der Waals surface area contributed by atoms with Crippen LogP contribution in [0.2, 0.25) is 5.04 Å². The summed E-state index contributed by atoms with van der Waals surface area (Å²) in [5, 5.41) is 2.71. The van der Waals surface area contributed by atoms with Crippen molar-refractivity contribution in [2.24, 2.45) is 0 Å². The molecule has 3 rings (SSSR count). The molecular weight excluding hydrogens is 358 g/mol. The van der Waals surface area contributed by atoms with Crippen molar-refractivity contribution in [1.29, 1.82) is 0 Å². The fourth-order valence-corrected chi connectivity index (χ4v) is 9.04. The second kappa shape index (κ2) is 7.98. The molecule has 0 spiro atoms. The van der Waals surface area contributed by atoms with Gasteiger partial charge in [-0.05, 0) is 36.2 Å². The second-order valence-electron chi connectivity index (χ2n) is 9.79. The average molecular weight is 394 g/mol. The molecule has 0 unspecified atom stereocenters. The average Bonchev–Trinajstić information content (AvgIpc) is 3.12. The Kier molecular flexibility index (Phi) is 5.99. The molecule has 0 aliphatic carbocycles. The summed E-state index contributed by atoms with van der Waals surface area (Å²) in [4.78, 5) is 2.53. The van der Waals surface area contributed by atoms with Crippen LogP contribution in [0.3, 0.4) is 0 Å². The fraction of sp³-hybridized carbons (Fsp3) is 0.440. The molecule has 1 heterocycles. The van der Waals surface area contributed by atoms with Gasteiger partial charge in [0.1, 0.15) is 0 Å². The zero-order valence-corrected chi connectivity index (χ0v) is 19.3. The lowest BCUT2D eigenvalue weighted by atomic mass is 10.1. The Morgan fingerprint density at radius 1 is 0.857 bits per heavy atom. The van der Waals surface area contributed by atoms with Gasteiger partial charge in [-0.25, -0.2) is 0 Å². The lowest BCUT2D eigenvalue weighted by Gasteiger charge is -2.45. The standard InChI is InChI=1S/C25H35NOSi/c1-24(2,3)26-19-13-14-21(26)20-27-28(25(4,5)6,22-15-9-7-10-16-22)23-17-11-8-12-18-23/h7-18,21H,19-20H2,1-6H3/t21-/m1/s1. The lowest BCUT2D eigenvalue weighted by molar-refractivity contribution is 0.0967. The van der Waals surface area contributed by atoms with Gasteiger partial charge in [-0.2, -0.15) is 0 Å². The van der Waals surface area contributed by atoms with Crippen molar-refractivity contribution < 1.29 is 4.43 Å². The van der Waals surface area contributed by atoms with E-state index in [1.807, 2.05) is 0 Å². The molecule has 0 saturated carbocycles. The van der Waals surface area contributed by atoms with E-state index in [0.717, 1.165) is 13.2 Å². The molecule has 1 atom stereocenters. The molecule has 0 saturated heterocycles. The van der Waals surface area contributed by atoms with Crippen molar-refractivity contribution >= 4 is 18.7 Å². The Bertz CT molecular complexity index is 747. The number of benzene rings is 2. The SMILES string of the molecule is CC(C)(C)N1CC=C[C@@H]1CO[Si](c1ccccc1)(c1ccccc1)C(C)(C)C. The Morgan fingerprint density at radius 3 is 1.79 bits per heavy atom. The number of nitrogens with zero attached hydrogens (tertiary/aromatic N) is 1. The second-order valence-corrected chi connectivity index (χ2v) is 14.1. The molecule has 0 amide bonds. The summed E-state index contributed by atoms with van der Waals surface area (Å²) in [6.45, 7) is 15.6. The Hall–Kier alpha value is -1.68. The van der Waals surface area contributed by atoms with Crippen molar-refractivity contribution in [1.82, 2.24) is 4.90 Å². The van der Waals surface area contributed by atoms with Crippen LogP contribution in [0.15, 0.2) is 72.8 Å². The molecule has 0 fully saturated rings. The highest BCUT2D eigenvalue weighted by Crippen LogP contribution is 2.37. The van der Waals surface area contributed by atoms with Gasteiger partial charge in [-0.3, -0.25) is 4.90 Å². The maximum atomic E-state index is 7.12. The summed E-state index contributed by atoms with van der Waals surface area (Å²) < 4.78 is 7.12. The maximum Gasteiger partial charge on any atom is 0.261 e. The van der Waals surface area contributed by atoms with E-state index in [-0.39, 0.29) is 10.6 Å². The van der Waals surface area contributed by atoms with Gasteiger partial charge in [0, 0.05) is 12.1 Å². The van der Waals surface area contributed by atoms with Gasteiger partial charge in [-0.1, -0.05) is 93.6 Å². The zero-order valence-electron chi connectivity index (χ0n) is 18.3. The summed E-state index contributed by atoms with van der Waals surface area (Å²) in [6.07, 6.45) is 4.60. The quantitative estimate of drug-likeness (QED) is 0.544. The number of rotatable bonds is 5. The largest absolute Gasteiger partial charge is 0.405 e. The summed E-state index contributed by atoms with van der Waals surface area (Å²) in [6, 6.07) is 22.1. The van der Waals surface area contributed by atoms with Crippen molar-refractivity contribution in [3.63, 3.8) is 0 Å². The van der Waals surface area contributed by atoms with Crippen molar-refractivity contribution in [2.45, 2.75) is 58.2 Å². The summed E-state index contributed by atoms with van der Waals surface area (Å²) in [7, 11) is -2.47. The first kappa shape index (κ1) is 21.0. The molecule has 0 bridgehead atoms. The van der Waals surface area contributed by atoms with E-state index in [4.69, 9.17) is 4.43 Å². The highest BCUT2D eigenvalue weighted by atomic mass is 28.4. The zero-order chi connectivity index (χ0) is 20.4. The van der Waals surface area contributed by atoms with Gasteiger partial charge in [0.05, 0.1) is 12.6 Å². The Labute approximate surface area is 172 Å². The minimum Gasteiger partial charge on any atom is -0.405 e. The smallest absolute Gasteiger partial charge is 0.261 e. The van der Waals surface area contributed by atoms with Gasteiger partial charge in [0.2, 0.25) is 0 Å². The molecule has 0 aromatic heterocycles. The number of hydrogen-bond donors (Lipinski definition) is 0. The molecule has 2 nitrogen and oxygen atoms in total. The molecule has 2 aromatic rings. The summed E-state index contributed by atoms with van der Waals surface area (Å²) in [5.41, 5.74) is 0.128. The van der Waals surface area contributed by atoms with Gasteiger partial charge in [-0.15, -0.1) is 0 Å². The van der Waals surface area contributed by atoms with Crippen LogP contribution in [0.25, 0.3) is 0 Å². The van der Waals surface area contributed by atoms with Crippen LogP contribution < -0.4 is 10.4 Å². The topological polar surface area (TPSA) is 12.5 Å². The molecule has 150 valence electrons. The van der Waals surface area contributed by atoms with E-state index in [9.17, 15) is 0 Å². The van der Waals surface area contributed by atoms with E-state index in [0.29, 0.717) is 6.04 Å². The van der Waals surface area contributed by atoms with E-state index >= 15 is 0 Å². The van der Waals surface area contributed by atoms with Gasteiger partial charge < -0.3 is 4.43 Å². The normalized spacial score (nSPS) is 18.6. The highest BCUT2D eigenvalue weighted by molar-refractivity contribution is 6.99. The van der Waals surface area contributed by atoms with Crippen molar-refractivity contribution in [3.05, 3.63) is 72.8 Å². The molecule has 3 heteroatoms. The third kappa shape index (κ3) is 4.02. The molecule has 1 aliphatic heterocycles. The van der Waals surface area contributed by atoms with Crippen LogP contribution in [0.5, 0.6) is 0 Å². The predicted molar refractivity (Wildman–Crippen MR) is 123 cm³/mol. The van der Waals surface area contributed by atoms with Crippen LogP contribution in [0, 0.1) is 0 Å².